The summed E-state index contributed by atoms with van der Waals surface area (Å²) in [5, 5.41) is 19.5. The molecule has 0 bridgehead atoms. The Kier molecular flexibility index (Phi) is 12.6. The van der Waals surface area contributed by atoms with E-state index in [2.05, 4.69) is 21.3 Å². The number of hydrogen-bond donors (Lipinski definition) is 5. The first-order valence-corrected chi connectivity index (χ1v) is 15.0. The molecule has 0 radical (unpaired) electrons. The first-order valence-electron chi connectivity index (χ1n) is 15.0. The summed E-state index contributed by atoms with van der Waals surface area (Å²) in [6.07, 6.45) is 6.32. The molecule has 1 aromatic rings. The van der Waals surface area contributed by atoms with E-state index in [0.29, 0.717) is 18.4 Å². The van der Waals surface area contributed by atoms with Gasteiger partial charge in [-0.2, -0.15) is 0 Å². The van der Waals surface area contributed by atoms with Gasteiger partial charge in [0.1, 0.15) is 12.3 Å². The van der Waals surface area contributed by atoms with Crippen molar-refractivity contribution in [2.45, 2.75) is 76.5 Å². The number of hydrogen-bond acceptors (Lipinski definition) is 7. The van der Waals surface area contributed by atoms with E-state index in [4.69, 9.17) is 5.11 Å². The molecule has 0 saturated carbocycles. The number of likely N-dealkylation sites (tertiary alicyclic amines) is 1. The predicted molar refractivity (Wildman–Crippen MR) is 163 cm³/mol. The minimum Gasteiger partial charge on any atom is -0.481 e. The second-order valence-corrected chi connectivity index (χ2v) is 11.4. The Labute approximate surface area is 261 Å². The van der Waals surface area contributed by atoms with Crippen LogP contribution in [-0.2, 0) is 33.6 Å². The monoisotopic (exact) mass is 623 g/mol. The van der Waals surface area contributed by atoms with Crippen LogP contribution in [0.1, 0.15) is 57.9 Å². The Morgan fingerprint density at radius 3 is 2.38 bits per heavy atom. The third-order valence-corrected chi connectivity index (χ3v) is 8.07. The number of benzene rings is 1. The number of carbonyl (C=O) groups is 7. The standard InChI is InChI=1S/C32H41N5O8/c1-4-19(2)26(34-20(3)39)16-33-31(44)32(45)37-17-24(14-27(37)30(43)36-25(18-38)15-28(40)41)35-29(42)23-12-10-22(11-13-23)21-8-6-5-7-9-21/h5-10,12-13,18-19,22,24-27H,4,11,14-17H2,1-3H3,(H,33,44)(H,34,39)(H,35,42)(H,36,43)(H,40,41)/t19-,22?,24?,25-,26+,27-/m0/s1. The van der Waals surface area contributed by atoms with Gasteiger partial charge in [-0.15, -0.1) is 0 Å². The minimum absolute atomic E-state index is 0.00479. The van der Waals surface area contributed by atoms with Crippen LogP contribution >= 0.6 is 0 Å². The number of amides is 5. The van der Waals surface area contributed by atoms with Crippen LogP contribution < -0.4 is 21.3 Å². The maximum atomic E-state index is 13.3. The number of carbonyl (C=O) groups excluding carboxylic acids is 6. The third kappa shape index (κ3) is 9.85. The molecule has 13 nitrogen and oxygen atoms in total. The summed E-state index contributed by atoms with van der Waals surface area (Å²) >= 11 is 0. The van der Waals surface area contributed by atoms with Gasteiger partial charge in [0.2, 0.25) is 11.8 Å². The summed E-state index contributed by atoms with van der Waals surface area (Å²) < 4.78 is 0. The lowest BCUT2D eigenvalue weighted by Crippen LogP contribution is -2.54. The molecule has 5 amide bonds. The quantitative estimate of drug-likeness (QED) is 0.156. The fraction of sp³-hybridized carbons (Fsp3) is 0.469. The van der Waals surface area contributed by atoms with Crippen molar-refractivity contribution in [1.82, 2.24) is 26.2 Å². The Hall–Kier alpha value is -4.81. The van der Waals surface area contributed by atoms with Crippen molar-refractivity contribution in [1.29, 1.82) is 0 Å². The molecule has 1 heterocycles. The van der Waals surface area contributed by atoms with Crippen molar-refractivity contribution in [2.24, 2.45) is 5.92 Å². The highest BCUT2D eigenvalue weighted by Crippen LogP contribution is 2.27. The van der Waals surface area contributed by atoms with Crippen LogP contribution in [0.2, 0.25) is 0 Å². The van der Waals surface area contributed by atoms with E-state index >= 15 is 0 Å². The third-order valence-electron chi connectivity index (χ3n) is 8.07. The summed E-state index contributed by atoms with van der Waals surface area (Å²) in [4.78, 5) is 87.7. The van der Waals surface area contributed by atoms with E-state index in [0.717, 1.165) is 10.5 Å². The highest BCUT2D eigenvalue weighted by Gasteiger charge is 2.43. The van der Waals surface area contributed by atoms with Gasteiger partial charge in [-0.25, -0.2) is 0 Å². The Morgan fingerprint density at radius 2 is 1.80 bits per heavy atom. The van der Waals surface area contributed by atoms with Gasteiger partial charge in [0, 0.05) is 43.6 Å². The molecule has 3 rings (SSSR count). The van der Waals surface area contributed by atoms with Gasteiger partial charge in [0.25, 0.3) is 5.91 Å². The van der Waals surface area contributed by atoms with Crippen LogP contribution in [0.4, 0.5) is 0 Å². The molecular formula is C32H41N5O8. The molecular weight excluding hydrogens is 582 g/mol. The van der Waals surface area contributed by atoms with Crippen molar-refractivity contribution in [3.05, 3.63) is 59.7 Å². The molecule has 0 spiro atoms. The predicted octanol–water partition coefficient (Wildman–Crippen LogP) is 0.568. The van der Waals surface area contributed by atoms with Gasteiger partial charge in [-0.1, -0.05) is 68.8 Å². The van der Waals surface area contributed by atoms with Crippen LogP contribution in [0.3, 0.4) is 0 Å². The highest BCUT2D eigenvalue weighted by atomic mass is 16.4. The van der Waals surface area contributed by atoms with E-state index in [1.165, 1.54) is 6.92 Å². The average Bonchev–Trinajstić information content (AvgIpc) is 3.45. The normalized spacial score (nSPS) is 21.0. The summed E-state index contributed by atoms with van der Waals surface area (Å²) in [5.41, 5.74) is 1.54. The van der Waals surface area contributed by atoms with Gasteiger partial charge < -0.3 is 36.1 Å². The molecule has 1 aromatic carbocycles. The van der Waals surface area contributed by atoms with Gasteiger partial charge >= 0.3 is 17.8 Å². The largest absolute Gasteiger partial charge is 0.481 e. The molecule has 5 N–H and O–H groups in total. The van der Waals surface area contributed by atoms with Gasteiger partial charge in [-0.05, 0) is 24.3 Å². The van der Waals surface area contributed by atoms with Crippen molar-refractivity contribution < 1.29 is 38.7 Å². The van der Waals surface area contributed by atoms with Crippen LogP contribution in [0.25, 0.3) is 0 Å². The number of nitrogens with zero attached hydrogens (tertiary/aromatic N) is 1. The summed E-state index contributed by atoms with van der Waals surface area (Å²) in [7, 11) is 0. The topological polar surface area (TPSA) is 191 Å². The van der Waals surface area contributed by atoms with Crippen LogP contribution in [0.15, 0.2) is 54.1 Å². The molecule has 0 aromatic heterocycles. The lowest BCUT2D eigenvalue weighted by Gasteiger charge is -2.26. The second-order valence-electron chi connectivity index (χ2n) is 11.4. The first kappa shape index (κ1) is 34.7. The van der Waals surface area contributed by atoms with Crippen molar-refractivity contribution in [2.75, 3.05) is 13.1 Å². The van der Waals surface area contributed by atoms with E-state index in [1.54, 1.807) is 6.08 Å². The van der Waals surface area contributed by atoms with Gasteiger partial charge in [-0.3, -0.25) is 28.8 Å². The van der Waals surface area contributed by atoms with E-state index in [9.17, 15) is 33.6 Å². The second kappa shape index (κ2) is 16.3. The van der Waals surface area contributed by atoms with Crippen LogP contribution in [0, 0.1) is 5.92 Å². The molecule has 1 aliphatic carbocycles. The Morgan fingerprint density at radius 1 is 1.09 bits per heavy atom. The van der Waals surface area contributed by atoms with Crippen molar-refractivity contribution in [3.63, 3.8) is 0 Å². The number of carboxylic acid groups (broad SMARTS) is 1. The summed E-state index contributed by atoms with van der Waals surface area (Å²) in [5.74, 6) is -4.78. The van der Waals surface area contributed by atoms with E-state index in [1.807, 2.05) is 56.3 Å². The SMILES string of the molecule is CC[C@H](C)[C@@H](CNC(=O)C(=O)N1CC(NC(=O)C2=CCC(c3ccccc3)C=C2)C[C@H]1C(=O)N[C@H](C=O)CC(=O)O)NC(C)=O. The maximum Gasteiger partial charge on any atom is 0.312 e. The van der Waals surface area contributed by atoms with Crippen molar-refractivity contribution in [3.8, 4) is 0 Å². The molecule has 1 aliphatic heterocycles. The number of rotatable bonds is 13. The zero-order chi connectivity index (χ0) is 33.1. The average molecular weight is 624 g/mol. The molecule has 45 heavy (non-hydrogen) atoms. The van der Waals surface area contributed by atoms with Gasteiger partial charge in [0.15, 0.2) is 0 Å². The molecule has 13 heteroatoms. The number of carboxylic acids is 1. The fourth-order valence-electron chi connectivity index (χ4n) is 5.37. The van der Waals surface area contributed by atoms with Crippen LogP contribution in [-0.4, -0.2) is 89.1 Å². The molecule has 242 valence electrons. The zero-order valence-electron chi connectivity index (χ0n) is 25.7. The van der Waals surface area contributed by atoms with E-state index < -0.39 is 60.2 Å². The lowest BCUT2D eigenvalue weighted by atomic mass is 9.90. The number of aldehydes is 1. The molecule has 6 atom stereocenters. The minimum atomic E-state index is -1.35. The number of allylic oxidation sites excluding steroid dienone is 2. The highest BCUT2D eigenvalue weighted by molar-refractivity contribution is 6.35. The summed E-state index contributed by atoms with van der Waals surface area (Å²) in [6, 6.07) is 6.08. The fourth-order valence-corrected chi connectivity index (χ4v) is 5.37. The molecule has 1 saturated heterocycles. The zero-order valence-corrected chi connectivity index (χ0v) is 25.7. The first-order chi connectivity index (χ1) is 21.4. The Bertz CT molecular complexity index is 1340. The van der Waals surface area contributed by atoms with Crippen LogP contribution in [0.5, 0.6) is 0 Å². The Balaban J connectivity index is 1.72. The summed E-state index contributed by atoms with van der Waals surface area (Å²) in [6.45, 7) is 4.96. The molecule has 2 unspecified atom stereocenters. The molecule has 1 fully saturated rings. The van der Waals surface area contributed by atoms with E-state index in [-0.39, 0.29) is 43.5 Å². The number of aliphatic carboxylic acids is 1. The smallest absolute Gasteiger partial charge is 0.312 e. The van der Waals surface area contributed by atoms with Crippen molar-refractivity contribution >= 4 is 41.8 Å². The number of nitrogens with one attached hydrogen (secondary N) is 4. The lowest BCUT2D eigenvalue weighted by molar-refractivity contribution is -0.148. The maximum absolute atomic E-state index is 13.3. The molecule has 2 aliphatic rings. The van der Waals surface area contributed by atoms with Gasteiger partial charge in [0.05, 0.1) is 12.5 Å².